The van der Waals surface area contributed by atoms with Crippen molar-refractivity contribution in [2.45, 2.75) is 13.5 Å². The number of anilines is 1. The van der Waals surface area contributed by atoms with Gasteiger partial charge in [0, 0.05) is 10.6 Å². The molecule has 0 aliphatic heterocycles. The van der Waals surface area contributed by atoms with E-state index in [1.807, 2.05) is 37.3 Å². The van der Waals surface area contributed by atoms with E-state index in [-0.39, 0.29) is 12.5 Å². The van der Waals surface area contributed by atoms with E-state index in [0.717, 1.165) is 23.1 Å². The molecule has 0 saturated heterocycles. The highest BCUT2D eigenvalue weighted by atomic mass is 35.5. The molecule has 0 atom stereocenters. The van der Waals surface area contributed by atoms with E-state index in [1.165, 1.54) is 4.31 Å². The summed E-state index contributed by atoms with van der Waals surface area (Å²) in [5.41, 5.74) is 2.59. The molecule has 0 unspecified atom stereocenters. The maximum atomic E-state index is 12.4. The van der Waals surface area contributed by atoms with Crippen LogP contribution in [-0.4, -0.2) is 33.7 Å². The van der Waals surface area contributed by atoms with Crippen LogP contribution in [0.3, 0.4) is 0 Å². The third kappa shape index (κ3) is 6.48. The van der Waals surface area contributed by atoms with Crippen molar-refractivity contribution < 1.29 is 17.9 Å². The van der Waals surface area contributed by atoms with Gasteiger partial charge < -0.3 is 10.1 Å². The normalized spacial score (nSPS) is 11.1. The van der Waals surface area contributed by atoms with Crippen LogP contribution in [0.1, 0.15) is 21.5 Å². The summed E-state index contributed by atoms with van der Waals surface area (Å²) in [7, 11) is -3.53. The van der Waals surface area contributed by atoms with Crippen LogP contribution in [0.25, 0.3) is 0 Å². The highest BCUT2D eigenvalue weighted by Crippen LogP contribution is 2.26. The van der Waals surface area contributed by atoms with E-state index in [9.17, 15) is 13.2 Å². The number of carbonyl (C=O) groups excluding carboxylic acids is 1. The van der Waals surface area contributed by atoms with E-state index in [4.69, 9.17) is 16.3 Å². The summed E-state index contributed by atoms with van der Waals surface area (Å²) >= 11 is 6.18. The van der Waals surface area contributed by atoms with Gasteiger partial charge in [0.25, 0.3) is 5.91 Å². The zero-order valence-electron chi connectivity index (χ0n) is 17.9. The Hall–Kier alpha value is -3.03. The second-order valence-corrected chi connectivity index (χ2v) is 9.63. The molecule has 3 aromatic carbocycles. The average Bonchev–Trinajstić information content (AvgIpc) is 2.77. The first-order valence-electron chi connectivity index (χ1n) is 10.0. The SMILES string of the molecule is Cc1ccc(N(Cc2ccc(C(=O)NCCOc3ccccc3)cc2)S(C)(=O)=O)cc1Cl. The summed E-state index contributed by atoms with van der Waals surface area (Å²) in [6, 6.07) is 21.3. The van der Waals surface area contributed by atoms with Crippen LogP contribution in [0.5, 0.6) is 5.75 Å². The maximum absolute atomic E-state index is 12.4. The third-order valence-corrected chi connectivity index (χ3v) is 6.33. The second kappa shape index (κ2) is 10.5. The van der Waals surface area contributed by atoms with E-state index in [2.05, 4.69) is 5.32 Å². The van der Waals surface area contributed by atoms with Gasteiger partial charge in [0.1, 0.15) is 12.4 Å². The Morgan fingerprint density at radius 3 is 2.34 bits per heavy atom. The number of benzene rings is 3. The molecule has 0 aromatic heterocycles. The standard InChI is InChI=1S/C24H25ClN2O4S/c1-18-8-13-21(16-23(18)25)27(32(2,29)30)17-19-9-11-20(12-10-19)24(28)26-14-15-31-22-6-4-3-5-7-22/h3-13,16H,14-15,17H2,1-2H3,(H,26,28). The highest BCUT2D eigenvalue weighted by molar-refractivity contribution is 7.92. The van der Waals surface area contributed by atoms with Gasteiger partial charge in [0.05, 0.1) is 25.0 Å². The molecule has 0 aliphatic carbocycles. The van der Waals surface area contributed by atoms with Gasteiger partial charge >= 0.3 is 0 Å². The molecule has 0 heterocycles. The lowest BCUT2D eigenvalue weighted by molar-refractivity contribution is 0.0947. The van der Waals surface area contributed by atoms with E-state index < -0.39 is 10.0 Å². The van der Waals surface area contributed by atoms with Gasteiger partial charge in [-0.05, 0) is 54.4 Å². The number of nitrogens with one attached hydrogen (secondary N) is 1. The molecule has 3 rings (SSSR count). The van der Waals surface area contributed by atoms with Crippen molar-refractivity contribution in [3.63, 3.8) is 0 Å². The third-order valence-electron chi connectivity index (χ3n) is 4.79. The zero-order valence-corrected chi connectivity index (χ0v) is 19.5. The number of halogens is 1. The molecule has 0 saturated carbocycles. The summed E-state index contributed by atoms with van der Waals surface area (Å²) in [6.07, 6.45) is 1.15. The van der Waals surface area contributed by atoms with Crippen molar-refractivity contribution in [1.82, 2.24) is 5.32 Å². The lowest BCUT2D eigenvalue weighted by atomic mass is 10.1. The Kier molecular flexibility index (Phi) is 7.77. The Bertz CT molecular complexity index is 1170. The number of aryl methyl sites for hydroxylation is 1. The summed E-state index contributed by atoms with van der Waals surface area (Å²) in [5, 5.41) is 3.31. The number of hydrogen-bond donors (Lipinski definition) is 1. The van der Waals surface area contributed by atoms with E-state index in [1.54, 1.807) is 42.5 Å². The highest BCUT2D eigenvalue weighted by Gasteiger charge is 2.19. The Morgan fingerprint density at radius 1 is 1.03 bits per heavy atom. The number of ether oxygens (including phenoxy) is 1. The number of nitrogens with zero attached hydrogens (tertiary/aromatic N) is 1. The minimum atomic E-state index is -3.53. The average molecular weight is 473 g/mol. The van der Waals surface area contributed by atoms with E-state index >= 15 is 0 Å². The molecule has 1 amide bonds. The molecule has 32 heavy (non-hydrogen) atoms. The van der Waals surface area contributed by atoms with Crippen molar-refractivity contribution in [1.29, 1.82) is 0 Å². The first kappa shape index (κ1) is 23.6. The number of amides is 1. The minimum absolute atomic E-state index is 0.130. The lowest BCUT2D eigenvalue weighted by Crippen LogP contribution is -2.29. The fourth-order valence-corrected chi connectivity index (χ4v) is 4.07. The Balaban J connectivity index is 1.60. The van der Waals surface area contributed by atoms with Crippen molar-refractivity contribution in [3.05, 3.63) is 94.5 Å². The fourth-order valence-electron chi connectivity index (χ4n) is 3.02. The summed E-state index contributed by atoms with van der Waals surface area (Å²) in [4.78, 5) is 12.4. The summed E-state index contributed by atoms with van der Waals surface area (Å²) in [6.45, 7) is 2.71. The monoisotopic (exact) mass is 472 g/mol. The van der Waals surface area contributed by atoms with Crippen LogP contribution in [0, 0.1) is 6.92 Å². The van der Waals surface area contributed by atoms with Gasteiger partial charge in [0.2, 0.25) is 10.0 Å². The van der Waals surface area contributed by atoms with Crippen LogP contribution in [0.2, 0.25) is 5.02 Å². The number of hydrogen-bond acceptors (Lipinski definition) is 4. The largest absolute Gasteiger partial charge is 0.492 e. The summed E-state index contributed by atoms with van der Waals surface area (Å²) < 4.78 is 31.6. The zero-order chi connectivity index (χ0) is 23.1. The Labute approximate surface area is 193 Å². The number of sulfonamides is 1. The molecule has 0 fully saturated rings. The predicted molar refractivity (Wildman–Crippen MR) is 128 cm³/mol. The van der Waals surface area contributed by atoms with Crippen molar-refractivity contribution in [2.24, 2.45) is 0 Å². The van der Waals surface area contributed by atoms with Gasteiger partial charge in [-0.2, -0.15) is 0 Å². The van der Waals surface area contributed by atoms with Gasteiger partial charge in [-0.1, -0.05) is 48.0 Å². The second-order valence-electron chi connectivity index (χ2n) is 7.32. The Morgan fingerprint density at radius 2 is 1.72 bits per heavy atom. The van der Waals surface area contributed by atoms with Crippen LogP contribution in [0.4, 0.5) is 5.69 Å². The van der Waals surface area contributed by atoms with Crippen molar-refractivity contribution >= 4 is 33.2 Å². The number of rotatable bonds is 9. The van der Waals surface area contributed by atoms with Gasteiger partial charge in [0.15, 0.2) is 0 Å². The van der Waals surface area contributed by atoms with Gasteiger partial charge in [-0.25, -0.2) is 8.42 Å². The molecule has 3 aromatic rings. The number of carbonyl (C=O) groups is 1. The molecule has 8 heteroatoms. The number of para-hydroxylation sites is 1. The molecular weight excluding hydrogens is 448 g/mol. The van der Waals surface area contributed by atoms with Gasteiger partial charge in [-0.15, -0.1) is 0 Å². The molecule has 168 valence electrons. The van der Waals surface area contributed by atoms with Crippen LogP contribution in [-0.2, 0) is 16.6 Å². The maximum Gasteiger partial charge on any atom is 0.251 e. The van der Waals surface area contributed by atoms with Crippen molar-refractivity contribution in [2.75, 3.05) is 23.7 Å². The summed E-state index contributed by atoms with van der Waals surface area (Å²) in [5.74, 6) is 0.523. The predicted octanol–water partition coefficient (Wildman–Crippen LogP) is 4.42. The molecule has 0 bridgehead atoms. The van der Waals surface area contributed by atoms with E-state index in [0.29, 0.717) is 29.4 Å². The molecule has 0 radical (unpaired) electrons. The topological polar surface area (TPSA) is 75.7 Å². The van der Waals surface area contributed by atoms with Crippen LogP contribution < -0.4 is 14.4 Å². The molecule has 6 nitrogen and oxygen atoms in total. The molecule has 0 aliphatic rings. The lowest BCUT2D eigenvalue weighted by Gasteiger charge is -2.23. The smallest absolute Gasteiger partial charge is 0.251 e. The van der Waals surface area contributed by atoms with Gasteiger partial charge in [-0.3, -0.25) is 9.10 Å². The first-order valence-corrected chi connectivity index (χ1v) is 12.3. The van der Waals surface area contributed by atoms with Crippen LogP contribution in [0.15, 0.2) is 72.8 Å². The van der Waals surface area contributed by atoms with Crippen LogP contribution >= 0.6 is 11.6 Å². The molecule has 0 spiro atoms. The van der Waals surface area contributed by atoms with Crippen molar-refractivity contribution in [3.8, 4) is 5.75 Å². The fraction of sp³-hybridized carbons (Fsp3) is 0.208. The minimum Gasteiger partial charge on any atom is -0.492 e. The quantitative estimate of drug-likeness (QED) is 0.467. The first-order chi connectivity index (χ1) is 15.2. The molecular formula is C24H25ClN2O4S. The molecule has 1 N–H and O–H groups in total.